The van der Waals surface area contributed by atoms with Crippen LogP contribution in [0.4, 0.5) is 18.0 Å². The topological polar surface area (TPSA) is 106 Å². The minimum Gasteiger partial charge on any atom is -0.465 e. The van der Waals surface area contributed by atoms with E-state index in [9.17, 15) is 27.9 Å². The van der Waals surface area contributed by atoms with Crippen LogP contribution in [-0.2, 0) is 11.3 Å². The summed E-state index contributed by atoms with van der Waals surface area (Å²) < 4.78 is 38.3. The highest BCUT2D eigenvalue weighted by atomic mass is 32.2. The van der Waals surface area contributed by atoms with Crippen molar-refractivity contribution in [3.63, 3.8) is 0 Å². The van der Waals surface area contributed by atoms with Gasteiger partial charge in [-0.15, -0.1) is 11.8 Å². The summed E-state index contributed by atoms with van der Waals surface area (Å²) in [5, 5.41) is 23.1. The summed E-state index contributed by atoms with van der Waals surface area (Å²) in [7, 11) is 0. The Morgan fingerprint density at radius 3 is 2.55 bits per heavy atom. The highest BCUT2D eigenvalue weighted by molar-refractivity contribution is 7.99. The van der Waals surface area contributed by atoms with Crippen LogP contribution in [0.25, 0.3) is 0 Å². The number of amides is 2. The lowest BCUT2D eigenvalue weighted by molar-refractivity contribution is -0.169. The van der Waals surface area contributed by atoms with Crippen LogP contribution in [0, 0.1) is 11.3 Å². The number of rotatable bonds is 7. The maximum atomic E-state index is 12.8. The number of thioether (sulfide) groups is 1. The van der Waals surface area contributed by atoms with Crippen LogP contribution in [0.5, 0.6) is 0 Å². The number of amidine groups is 1. The molecule has 0 radical (unpaired) electrons. The van der Waals surface area contributed by atoms with Crippen molar-refractivity contribution < 1.29 is 27.9 Å². The van der Waals surface area contributed by atoms with E-state index >= 15 is 0 Å². The Morgan fingerprint density at radius 1 is 1.18 bits per heavy atom. The summed E-state index contributed by atoms with van der Waals surface area (Å²) in [5.41, 5.74) is 1.13. The number of carbonyl (C=O) groups excluding carboxylic acids is 1. The molecule has 2 aromatic carbocycles. The first-order valence-electron chi connectivity index (χ1n) is 10.1. The van der Waals surface area contributed by atoms with Crippen LogP contribution in [0.2, 0.25) is 0 Å². The normalized spacial score (nSPS) is 18.0. The smallest absolute Gasteiger partial charge is 0.413 e. The Bertz CT molecular complexity index is 1000. The van der Waals surface area contributed by atoms with E-state index in [1.165, 1.54) is 11.8 Å². The summed E-state index contributed by atoms with van der Waals surface area (Å²) in [6, 6.07) is 14.7. The molecule has 2 atom stereocenters. The van der Waals surface area contributed by atoms with Gasteiger partial charge in [0.05, 0.1) is 24.4 Å². The number of hydrogen-bond donors (Lipinski definition) is 4. The molecule has 2 aromatic rings. The van der Waals surface area contributed by atoms with Gasteiger partial charge in [0.2, 0.25) is 5.91 Å². The average Bonchev–Trinajstić information content (AvgIpc) is 3.29. The molecule has 0 unspecified atom stereocenters. The monoisotopic (exact) mass is 480 g/mol. The van der Waals surface area contributed by atoms with Crippen LogP contribution in [0.1, 0.15) is 17.5 Å². The van der Waals surface area contributed by atoms with Crippen molar-refractivity contribution in [3.8, 4) is 0 Å². The molecule has 7 nitrogen and oxygen atoms in total. The van der Waals surface area contributed by atoms with Crippen molar-refractivity contribution in [1.29, 1.82) is 5.41 Å². The number of alkyl halides is 3. The Morgan fingerprint density at radius 2 is 1.91 bits per heavy atom. The number of hydrogen-bond acceptors (Lipinski definition) is 5. The second-order valence-electron chi connectivity index (χ2n) is 7.50. The van der Waals surface area contributed by atoms with Gasteiger partial charge in [-0.3, -0.25) is 15.1 Å². The van der Waals surface area contributed by atoms with Gasteiger partial charge in [-0.25, -0.2) is 4.79 Å². The lowest BCUT2D eigenvalue weighted by Crippen LogP contribution is -2.40. The lowest BCUT2D eigenvalue weighted by atomic mass is 10.1. The number of carboxylic acid groups (broad SMARTS) is 1. The zero-order chi connectivity index (χ0) is 24.0. The second kappa shape index (κ2) is 10.7. The summed E-state index contributed by atoms with van der Waals surface area (Å²) in [5.74, 6) is -2.10. The highest BCUT2D eigenvalue weighted by Gasteiger charge is 2.45. The fourth-order valence-electron chi connectivity index (χ4n) is 3.40. The Hall–Kier alpha value is -3.05. The predicted octanol–water partition coefficient (Wildman–Crippen LogP) is 3.90. The molecule has 1 aliphatic rings. The van der Waals surface area contributed by atoms with Crippen molar-refractivity contribution >= 4 is 29.6 Å². The van der Waals surface area contributed by atoms with Crippen molar-refractivity contribution in [2.45, 2.75) is 30.1 Å². The summed E-state index contributed by atoms with van der Waals surface area (Å²) >= 11 is 1.22. The summed E-state index contributed by atoms with van der Waals surface area (Å²) in [4.78, 5) is 25.5. The first-order chi connectivity index (χ1) is 15.6. The zero-order valence-electron chi connectivity index (χ0n) is 17.4. The number of carbonyl (C=O) groups is 2. The standard InChI is InChI=1S/C22H23F3N4O3S/c23-22(24,25)16-10-18(27-11-16)20(30)28-13-33-17-8-4-7-15(9-17)19(26)29(21(31)32)12-14-5-2-1-3-6-14/h1-9,16,18,26-27H,10-13H2,(H,28,30)(H,31,32)/t16-,18+/m1/s1. The lowest BCUT2D eigenvalue weighted by Gasteiger charge is -2.20. The summed E-state index contributed by atoms with van der Waals surface area (Å²) in [6.45, 7) is -0.252. The molecular formula is C22H23F3N4O3S. The molecule has 0 spiro atoms. The van der Waals surface area contributed by atoms with Crippen molar-refractivity contribution in [2.75, 3.05) is 12.4 Å². The molecule has 1 saturated heterocycles. The first kappa shape index (κ1) is 24.6. The van der Waals surface area contributed by atoms with Crippen LogP contribution < -0.4 is 10.6 Å². The van der Waals surface area contributed by atoms with E-state index in [0.717, 1.165) is 10.5 Å². The van der Waals surface area contributed by atoms with Gasteiger partial charge in [0.25, 0.3) is 0 Å². The van der Waals surface area contributed by atoms with E-state index < -0.39 is 30.1 Å². The number of benzene rings is 2. The predicted molar refractivity (Wildman–Crippen MR) is 118 cm³/mol. The van der Waals surface area contributed by atoms with Crippen molar-refractivity contribution in [3.05, 3.63) is 65.7 Å². The zero-order valence-corrected chi connectivity index (χ0v) is 18.2. The van der Waals surface area contributed by atoms with E-state index in [-0.39, 0.29) is 31.2 Å². The molecule has 3 rings (SSSR count). The van der Waals surface area contributed by atoms with E-state index in [4.69, 9.17) is 5.41 Å². The van der Waals surface area contributed by atoms with Crippen LogP contribution in [0.15, 0.2) is 59.5 Å². The SMILES string of the molecule is N=C(c1cccc(SCNC(=O)[C@@H]2C[C@@H](C(F)(F)F)CN2)c1)N(Cc1ccccc1)C(=O)O. The number of nitrogens with one attached hydrogen (secondary N) is 3. The molecule has 11 heteroatoms. The van der Waals surface area contributed by atoms with E-state index in [1.54, 1.807) is 48.5 Å². The van der Waals surface area contributed by atoms with Gasteiger partial charge in [0.1, 0.15) is 5.84 Å². The first-order valence-corrected chi connectivity index (χ1v) is 11.1. The molecule has 1 heterocycles. The number of nitrogens with zero attached hydrogens (tertiary/aromatic N) is 1. The fraction of sp³-hybridized carbons (Fsp3) is 0.318. The van der Waals surface area contributed by atoms with Crippen LogP contribution in [0.3, 0.4) is 0 Å². The average molecular weight is 481 g/mol. The van der Waals surface area contributed by atoms with Crippen LogP contribution in [-0.4, -0.2) is 52.5 Å². The molecule has 0 aromatic heterocycles. The van der Waals surface area contributed by atoms with E-state index in [2.05, 4.69) is 10.6 Å². The molecule has 1 aliphatic heterocycles. The maximum absolute atomic E-state index is 12.8. The molecule has 0 aliphatic carbocycles. The van der Waals surface area contributed by atoms with Crippen molar-refractivity contribution in [2.24, 2.45) is 5.92 Å². The second-order valence-corrected chi connectivity index (χ2v) is 8.54. The maximum Gasteiger partial charge on any atom is 0.413 e. The minimum atomic E-state index is -4.33. The fourth-order valence-corrected chi connectivity index (χ4v) is 4.16. The minimum absolute atomic E-state index is 0.0236. The van der Waals surface area contributed by atoms with Crippen LogP contribution >= 0.6 is 11.8 Å². The largest absolute Gasteiger partial charge is 0.465 e. The van der Waals surface area contributed by atoms with Gasteiger partial charge < -0.3 is 15.7 Å². The molecular weight excluding hydrogens is 457 g/mol. The third-order valence-corrected chi connectivity index (χ3v) is 6.06. The Kier molecular flexibility index (Phi) is 7.98. The van der Waals surface area contributed by atoms with E-state index in [0.29, 0.717) is 10.5 Å². The van der Waals surface area contributed by atoms with Gasteiger partial charge in [0.15, 0.2) is 0 Å². The highest BCUT2D eigenvalue weighted by Crippen LogP contribution is 2.32. The molecule has 0 saturated carbocycles. The summed E-state index contributed by atoms with van der Waals surface area (Å²) in [6.07, 6.45) is -5.87. The van der Waals surface area contributed by atoms with Gasteiger partial charge >= 0.3 is 12.3 Å². The molecule has 4 N–H and O–H groups in total. The Balaban J connectivity index is 1.56. The third kappa shape index (κ3) is 6.72. The number of halogens is 3. The molecule has 2 amide bonds. The third-order valence-electron chi connectivity index (χ3n) is 5.19. The van der Waals surface area contributed by atoms with E-state index in [1.807, 2.05) is 6.07 Å². The molecule has 176 valence electrons. The van der Waals surface area contributed by atoms with Crippen molar-refractivity contribution in [1.82, 2.24) is 15.5 Å². The van der Waals surface area contributed by atoms with Gasteiger partial charge in [0, 0.05) is 17.0 Å². The molecule has 0 bridgehead atoms. The van der Waals surface area contributed by atoms with Gasteiger partial charge in [-0.2, -0.15) is 13.2 Å². The molecule has 33 heavy (non-hydrogen) atoms. The van der Waals surface area contributed by atoms with Gasteiger partial charge in [-0.1, -0.05) is 42.5 Å². The molecule has 1 fully saturated rings. The van der Waals surface area contributed by atoms with Gasteiger partial charge in [-0.05, 0) is 24.1 Å². The quantitative estimate of drug-likeness (QED) is 0.208. The Labute approximate surface area is 192 Å².